The van der Waals surface area contributed by atoms with Crippen molar-refractivity contribution in [2.24, 2.45) is 0 Å². The number of rotatable bonds is 7. The molecule has 7 heteroatoms. The average Bonchev–Trinajstić information content (AvgIpc) is 3.14. The van der Waals surface area contributed by atoms with E-state index in [1.807, 2.05) is 42.1 Å². The van der Waals surface area contributed by atoms with Crippen LogP contribution in [0.15, 0.2) is 66.0 Å². The third-order valence-electron chi connectivity index (χ3n) is 4.73. The van der Waals surface area contributed by atoms with E-state index in [1.165, 1.54) is 0 Å². The van der Waals surface area contributed by atoms with Gasteiger partial charge < -0.3 is 0 Å². The van der Waals surface area contributed by atoms with E-state index < -0.39 is 5.92 Å². The fourth-order valence-electron chi connectivity index (χ4n) is 3.28. The fraction of sp³-hybridized carbons (Fsp3) is 0.261. The maximum atomic E-state index is 12.9. The van der Waals surface area contributed by atoms with Gasteiger partial charge in [0.1, 0.15) is 0 Å². The number of fused-ring (bicyclic) bond motifs is 1. The van der Waals surface area contributed by atoms with Gasteiger partial charge in [-0.2, -0.15) is 5.10 Å². The molecule has 154 valence electrons. The lowest BCUT2D eigenvalue weighted by molar-refractivity contribution is 0.0126. The van der Waals surface area contributed by atoms with Crippen LogP contribution in [-0.2, 0) is 0 Å². The molecule has 0 spiro atoms. The van der Waals surface area contributed by atoms with Crippen LogP contribution in [0.2, 0.25) is 0 Å². The Labute approximate surface area is 178 Å². The van der Waals surface area contributed by atoms with E-state index in [4.69, 9.17) is 0 Å². The van der Waals surface area contributed by atoms with Crippen molar-refractivity contribution < 1.29 is 8.78 Å². The van der Waals surface area contributed by atoms with Crippen LogP contribution >= 0.6 is 11.8 Å². The minimum absolute atomic E-state index is 0.0963. The summed E-state index contributed by atoms with van der Waals surface area (Å²) < 4.78 is 27.7. The number of benzene rings is 1. The standard InChI is InChI=1S/C23H22F2N4S/c1-16-11-18(7-9-26-16)17-5-3-6-20(12-17)29-22-19(14-28-29)13-21(15-27-22)30-10-4-8-23(2,24)25/h3,5-7,9,11-15H,4,8,10H2,1-2H3. The third-order valence-corrected chi connectivity index (χ3v) is 5.78. The molecule has 0 aliphatic carbocycles. The monoisotopic (exact) mass is 424 g/mol. The van der Waals surface area contributed by atoms with Crippen molar-refractivity contribution in [2.75, 3.05) is 5.75 Å². The van der Waals surface area contributed by atoms with Gasteiger partial charge in [-0.1, -0.05) is 12.1 Å². The number of halogens is 2. The third kappa shape index (κ3) is 4.84. The molecular weight excluding hydrogens is 402 g/mol. The molecule has 4 nitrogen and oxygen atoms in total. The molecule has 0 saturated heterocycles. The number of hydrogen-bond acceptors (Lipinski definition) is 4. The van der Waals surface area contributed by atoms with E-state index in [2.05, 4.69) is 33.3 Å². The number of thioether (sulfide) groups is 1. The smallest absolute Gasteiger partial charge is 0.245 e. The second kappa shape index (κ2) is 8.52. The molecule has 0 fully saturated rings. The van der Waals surface area contributed by atoms with Gasteiger partial charge in [0.05, 0.1) is 11.9 Å². The number of alkyl halides is 2. The maximum Gasteiger partial charge on any atom is 0.245 e. The molecule has 0 bridgehead atoms. The summed E-state index contributed by atoms with van der Waals surface area (Å²) in [7, 11) is 0. The van der Waals surface area contributed by atoms with Gasteiger partial charge in [0, 0.05) is 34.8 Å². The predicted molar refractivity (Wildman–Crippen MR) is 117 cm³/mol. The summed E-state index contributed by atoms with van der Waals surface area (Å²) in [6.07, 6.45) is 5.75. The summed E-state index contributed by atoms with van der Waals surface area (Å²) in [4.78, 5) is 9.80. The Morgan fingerprint density at radius 2 is 1.87 bits per heavy atom. The van der Waals surface area contributed by atoms with Crippen LogP contribution in [0.25, 0.3) is 27.8 Å². The van der Waals surface area contributed by atoms with Crippen LogP contribution in [0.3, 0.4) is 0 Å². The molecule has 0 aliphatic rings. The van der Waals surface area contributed by atoms with Crippen LogP contribution < -0.4 is 0 Å². The fourth-order valence-corrected chi connectivity index (χ4v) is 4.15. The largest absolute Gasteiger partial charge is 0.262 e. The Hall–Kier alpha value is -2.80. The lowest BCUT2D eigenvalue weighted by Crippen LogP contribution is -2.09. The molecular formula is C23H22F2N4S. The van der Waals surface area contributed by atoms with Gasteiger partial charge in [-0.3, -0.25) is 4.98 Å². The molecule has 3 heterocycles. The summed E-state index contributed by atoms with van der Waals surface area (Å²) >= 11 is 1.54. The molecule has 30 heavy (non-hydrogen) atoms. The molecule has 0 atom stereocenters. The first-order valence-corrected chi connectivity index (χ1v) is 10.8. The number of aromatic nitrogens is 4. The highest BCUT2D eigenvalue weighted by atomic mass is 32.2. The Kier molecular flexibility index (Phi) is 5.81. The first-order valence-electron chi connectivity index (χ1n) is 9.77. The maximum absolute atomic E-state index is 12.9. The Balaban J connectivity index is 1.55. The van der Waals surface area contributed by atoms with Gasteiger partial charge in [0.2, 0.25) is 5.92 Å². The van der Waals surface area contributed by atoms with Crippen molar-refractivity contribution in [1.29, 1.82) is 0 Å². The summed E-state index contributed by atoms with van der Waals surface area (Å²) in [5.74, 6) is -1.97. The van der Waals surface area contributed by atoms with Crippen molar-refractivity contribution in [3.8, 4) is 16.8 Å². The van der Waals surface area contributed by atoms with Crippen LogP contribution in [0, 0.1) is 6.92 Å². The molecule has 0 N–H and O–H groups in total. The number of hydrogen-bond donors (Lipinski definition) is 0. The zero-order valence-electron chi connectivity index (χ0n) is 16.8. The van der Waals surface area contributed by atoms with Crippen molar-refractivity contribution >= 4 is 22.8 Å². The average molecular weight is 425 g/mol. The SMILES string of the molecule is Cc1cc(-c2cccc(-n3ncc4cc(SCCCC(C)(F)F)cnc43)c2)ccn1. The van der Waals surface area contributed by atoms with Crippen molar-refractivity contribution in [3.05, 3.63) is 66.7 Å². The summed E-state index contributed by atoms with van der Waals surface area (Å²) in [5.41, 5.74) is 4.85. The molecule has 4 rings (SSSR count). The van der Waals surface area contributed by atoms with Crippen LogP contribution in [0.1, 0.15) is 25.5 Å². The zero-order chi connectivity index (χ0) is 21.1. The molecule has 0 aliphatic heterocycles. The van der Waals surface area contributed by atoms with Gasteiger partial charge in [-0.15, -0.1) is 11.8 Å². The van der Waals surface area contributed by atoms with Crippen LogP contribution in [-0.4, -0.2) is 31.4 Å². The van der Waals surface area contributed by atoms with Gasteiger partial charge in [-0.05, 0) is 67.5 Å². The Bertz CT molecular complexity index is 1170. The van der Waals surface area contributed by atoms with Crippen LogP contribution in [0.4, 0.5) is 8.78 Å². The molecule has 4 aromatic rings. The van der Waals surface area contributed by atoms with E-state index in [0.717, 1.165) is 45.4 Å². The van der Waals surface area contributed by atoms with E-state index in [0.29, 0.717) is 12.2 Å². The molecule has 0 unspecified atom stereocenters. The van der Waals surface area contributed by atoms with Gasteiger partial charge in [-0.25, -0.2) is 18.4 Å². The number of nitrogens with zero attached hydrogens (tertiary/aromatic N) is 4. The van der Waals surface area contributed by atoms with Crippen molar-refractivity contribution in [2.45, 2.75) is 37.5 Å². The normalized spacial score (nSPS) is 11.9. The highest BCUT2D eigenvalue weighted by molar-refractivity contribution is 7.99. The minimum Gasteiger partial charge on any atom is -0.262 e. The highest BCUT2D eigenvalue weighted by Gasteiger charge is 2.19. The van der Waals surface area contributed by atoms with Gasteiger partial charge in [0.15, 0.2) is 5.65 Å². The topological polar surface area (TPSA) is 43.6 Å². The van der Waals surface area contributed by atoms with Crippen molar-refractivity contribution in [1.82, 2.24) is 19.7 Å². The minimum atomic E-state index is -2.60. The lowest BCUT2D eigenvalue weighted by Gasteiger charge is -2.09. The van der Waals surface area contributed by atoms with E-state index in [-0.39, 0.29) is 6.42 Å². The lowest BCUT2D eigenvalue weighted by atomic mass is 10.1. The molecule has 0 radical (unpaired) electrons. The predicted octanol–water partition coefficient (Wildman–Crippen LogP) is 6.32. The Morgan fingerprint density at radius 1 is 1.03 bits per heavy atom. The number of pyridine rings is 2. The summed E-state index contributed by atoms with van der Waals surface area (Å²) in [6.45, 7) is 2.94. The highest BCUT2D eigenvalue weighted by Crippen LogP contribution is 2.27. The molecule has 3 aromatic heterocycles. The van der Waals surface area contributed by atoms with Gasteiger partial charge >= 0.3 is 0 Å². The van der Waals surface area contributed by atoms with Crippen molar-refractivity contribution in [3.63, 3.8) is 0 Å². The first-order chi connectivity index (χ1) is 14.4. The summed E-state index contributed by atoms with van der Waals surface area (Å²) in [6, 6.07) is 14.2. The second-order valence-electron chi connectivity index (χ2n) is 7.40. The molecule has 0 amide bonds. The van der Waals surface area contributed by atoms with E-state index >= 15 is 0 Å². The van der Waals surface area contributed by atoms with E-state index in [9.17, 15) is 8.78 Å². The first kappa shape index (κ1) is 20.5. The van der Waals surface area contributed by atoms with Gasteiger partial charge in [0.25, 0.3) is 0 Å². The quantitative estimate of drug-likeness (QED) is 0.257. The Morgan fingerprint density at radius 3 is 2.67 bits per heavy atom. The van der Waals surface area contributed by atoms with E-state index in [1.54, 1.807) is 24.2 Å². The van der Waals surface area contributed by atoms with Crippen LogP contribution in [0.5, 0.6) is 0 Å². The molecule has 1 aromatic carbocycles. The molecule has 0 saturated carbocycles. The second-order valence-corrected chi connectivity index (χ2v) is 8.57. The zero-order valence-corrected chi connectivity index (χ0v) is 17.7. The number of aryl methyl sites for hydroxylation is 1. The summed E-state index contributed by atoms with van der Waals surface area (Å²) in [5, 5.41) is 5.44.